The molecule has 7 heteroatoms. The number of nitrogens with one attached hydrogen (secondary N) is 2. The van der Waals surface area contributed by atoms with Crippen LogP contribution in [0.1, 0.15) is 28.3 Å². The lowest BCUT2D eigenvalue weighted by molar-refractivity contribution is 0.0954. The fourth-order valence-corrected chi connectivity index (χ4v) is 3.48. The number of ether oxygens (including phenoxy) is 1. The lowest BCUT2D eigenvalue weighted by Crippen LogP contribution is -2.43. The van der Waals surface area contributed by atoms with Crippen LogP contribution in [-0.2, 0) is 0 Å². The molecule has 0 saturated carbocycles. The molecule has 0 radical (unpaired) electrons. The van der Waals surface area contributed by atoms with E-state index in [1.54, 1.807) is 38.4 Å². The summed E-state index contributed by atoms with van der Waals surface area (Å²) in [6.07, 6.45) is 1.12. The summed E-state index contributed by atoms with van der Waals surface area (Å²) >= 11 is 0. The first-order valence-electron chi connectivity index (χ1n) is 9.64. The van der Waals surface area contributed by atoms with Gasteiger partial charge in [0, 0.05) is 44.7 Å². The molecule has 3 rings (SSSR count). The maximum absolute atomic E-state index is 12.2. The van der Waals surface area contributed by atoms with E-state index in [9.17, 15) is 4.79 Å². The Morgan fingerprint density at radius 2 is 1.79 bits per heavy atom. The number of benzene rings is 2. The average molecular weight is 508 g/mol. The van der Waals surface area contributed by atoms with Gasteiger partial charge in [-0.25, -0.2) is 0 Å². The number of rotatable bonds is 6. The second-order valence-corrected chi connectivity index (χ2v) is 6.80. The predicted molar refractivity (Wildman–Crippen MR) is 127 cm³/mol. The zero-order valence-corrected chi connectivity index (χ0v) is 19.3. The van der Waals surface area contributed by atoms with E-state index in [1.165, 1.54) is 5.56 Å². The van der Waals surface area contributed by atoms with E-state index < -0.39 is 0 Å². The molecule has 1 aliphatic rings. The lowest BCUT2D eigenvalue weighted by atomic mass is 9.99. The third kappa shape index (κ3) is 6.35. The van der Waals surface area contributed by atoms with E-state index in [1.807, 2.05) is 0 Å². The van der Waals surface area contributed by atoms with Gasteiger partial charge in [0.2, 0.25) is 0 Å². The SMILES string of the molecule is CN=C(NCCNC(=O)c1ccc(OC)cc1)N1CCC(c2ccccc2)C1.I. The van der Waals surface area contributed by atoms with E-state index in [-0.39, 0.29) is 29.9 Å². The summed E-state index contributed by atoms with van der Waals surface area (Å²) in [6, 6.07) is 17.7. The number of likely N-dealkylation sites (tertiary alicyclic amines) is 1. The average Bonchev–Trinajstić information content (AvgIpc) is 3.24. The molecule has 1 amide bonds. The number of hydrogen-bond donors (Lipinski definition) is 2. The monoisotopic (exact) mass is 508 g/mol. The standard InChI is InChI=1S/C22H28N4O2.HI/c1-23-22(26-15-12-19(16-26)17-6-4-3-5-7-17)25-14-13-24-21(27)18-8-10-20(28-2)11-9-18;/h3-11,19H,12-16H2,1-2H3,(H,23,25)(H,24,27);1H. The normalized spacial score (nSPS) is 16.1. The van der Waals surface area contributed by atoms with E-state index >= 15 is 0 Å². The lowest BCUT2D eigenvalue weighted by Gasteiger charge is -2.22. The summed E-state index contributed by atoms with van der Waals surface area (Å²) < 4.78 is 5.11. The van der Waals surface area contributed by atoms with E-state index in [0.29, 0.717) is 24.6 Å². The molecule has 2 aromatic carbocycles. The zero-order chi connectivity index (χ0) is 19.8. The van der Waals surface area contributed by atoms with E-state index in [2.05, 4.69) is 50.9 Å². The summed E-state index contributed by atoms with van der Waals surface area (Å²) in [5.41, 5.74) is 2.00. The largest absolute Gasteiger partial charge is 0.497 e. The highest BCUT2D eigenvalue weighted by molar-refractivity contribution is 14.0. The van der Waals surface area contributed by atoms with Crippen molar-refractivity contribution in [1.29, 1.82) is 0 Å². The van der Waals surface area contributed by atoms with Gasteiger partial charge in [-0.1, -0.05) is 30.3 Å². The second-order valence-electron chi connectivity index (χ2n) is 6.80. The Hall–Kier alpha value is -2.29. The van der Waals surface area contributed by atoms with Crippen LogP contribution in [0.4, 0.5) is 0 Å². The number of hydrogen-bond acceptors (Lipinski definition) is 3. The van der Waals surface area contributed by atoms with Crippen LogP contribution in [0.15, 0.2) is 59.6 Å². The molecule has 1 fully saturated rings. The smallest absolute Gasteiger partial charge is 0.251 e. The van der Waals surface area contributed by atoms with Crippen LogP contribution in [0, 0.1) is 0 Å². The zero-order valence-electron chi connectivity index (χ0n) is 16.9. The van der Waals surface area contributed by atoms with Gasteiger partial charge in [0.1, 0.15) is 5.75 Å². The first-order valence-corrected chi connectivity index (χ1v) is 9.64. The Balaban J connectivity index is 0.00000300. The van der Waals surface area contributed by atoms with Crippen molar-refractivity contribution >= 4 is 35.8 Å². The van der Waals surface area contributed by atoms with Crippen LogP contribution < -0.4 is 15.4 Å². The van der Waals surface area contributed by atoms with Crippen molar-refractivity contribution < 1.29 is 9.53 Å². The molecule has 29 heavy (non-hydrogen) atoms. The molecule has 1 saturated heterocycles. The van der Waals surface area contributed by atoms with Crippen LogP contribution >= 0.6 is 24.0 Å². The van der Waals surface area contributed by atoms with Crippen LogP contribution in [0.25, 0.3) is 0 Å². The highest BCUT2D eigenvalue weighted by atomic mass is 127. The van der Waals surface area contributed by atoms with Gasteiger partial charge in [0.15, 0.2) is 5.96 Å². The number of carbonyl (C=O) groups excluding carboxylic acids is 1. The molecule has 0 aliphatic carbocycles. The van der Waals surface area contributed by atoms with Crippen molar-refractivity contribution in [3.8, 4) is 5.75 Å². The van der Waals surface area contributed by atoms with Gasteiger partial charge in [-0.05, 0) is 36.2 Å². The number of amides is 1. The molecule has 0 bridgehead atoms. The van der Waals surface area contributed by atoms with Crippen LogP contribution in [-0.4, -0.2) is 57.1 Å². The predicted octanol–water partition coefficient (Wildman–Crippen LogP) is 3.11. The Kier molecular flexibility index (Phi) is 9.24. The van der Waals surface area contributed by atoms with Gasteiger partial charge >= 0.3 is 0 Å². The second kappa shape index (κ2) is 11.6. The van der Waals surface area contributed by atoms with Gasteiger partial charge in [-0.15, -0.1) is 24.0 Å². The maximum atomic E-state index is 12.2. The first kappa shape index (κ1) is 23.0. The van der Waals surface area contributed by atoms with Crippen molar-refractivity contribution in [2.75, 3.05) is 40.3 Å². The minimum Gasteiger partial charge on any atom is -0.497 e. The van der Waals surface area contributed by atoms with Gasteiger partial charge in [-0.3, -0.25) is 9.79 Å². The Labute approximate surface area is 189 Å². The number of aliphatic imine (C=N–C) groups is 1. The number of methoxy groups -OCH3 is 1. The quantitative estimate of drug-likeness (QED) is 0.273. The molecular weight excluding hydrogens is 479 g/mol. The Morgan fingerprint density at radius 3 is 2.45 bits per heavy atom. The number of halogens is 1. The Morgan fingerprint density at radius 1 is 1.10 bits per heavy atom. The van der Waals surface area contributed by atoms with Gasteiger partial charge in [-0.2, -0.15) is 0 Å². The molecule has 1 unspecified atom stereocenters. The highest BCUT2D eigenvalue weighted by Crippen LogP contribution is 2.26. The molecular formula is C22H29IN4O2. The van der Waals surface area contributed by atoms with Crippen LogP contribution in [0.3, 0.4) is 0 Å². The van der Waals surface area contributed by atoms with Crippen molar-refractivity contribution in [2.45, 2.75) is 12.3 Å². The number of guanidine groups is 1. The molecule has 0 aromatic heterocycles. The van der Waals surface area contributed by atoms with Gasteiger partial charge in [0.05, 0.1) is 7.11 Å². The fraction of sp³-hybridized carbons (Fsp3) is 0.364. The minimum absolute atomic E-state index is 0. The van der Waals surface area contributed by atoms with Crippen LogP contribution in [0.2, 0.25) is 0 Å². The molecule has 6 nitrogen and oxygen atoms in total. The number of nitrogens with zero attached hydrogens (tertiary/aromatic N) is 2. The fourth-order valence-electron chi connectivity index (χ4n) is 3.48. The number of carbonyl (C=O) groups is 1. The third-order valence-corrected chi connectivity index (χ3v) is 5.02. The van der Waals surface area contributed by atoms with E-state index in [4.69, 9.17) is 4.74 Å². The first-order chi connectivity index (χ1) is 13.7. The highest BCUT2D eigenvalue weighted by Gasteiger charge is 2.25. The summed E-state index contributed by atoms with van der Waals surface area (Å²) in [6.45, 7) is 3.10. The molecule has 2 N–H and O–H groups in total. The minimum atomic E-state index is -0.0928. The van der Waals surface area contributed by atoms with Crippen molar-refractivity contribution in [3.63, 3.8) is 0 Å². The van der Waals surface area contributed by atoms with Gasteiger partial charge < -0.3 is 20.3 Å². The summed E-state index contributed by atoms with van der Waals surface area (Å²) in [5, 5.41) is 6.27. The van der Waals surface area contributed by atoms with Gasteiger partial charge in [0.25, 0.3) is 5.91 Å². The molecule has 1 atom stereocenters. The molecule has 1 heterocycles. The summed E-state index contributed by atoms with van der Waals surface area (Å²) in [7, 11) is 3.41. The molecule has 2 aromatic rings. The summed E-state index contributed by atoms with van der Waals surface area (Å²) in [4.78, 5) is 18.9. The third-order valence-electron chi connectivity index (χ3n) is 5.02. The van der Waals surface area contributed by atoms with E-state index in [0.717, 1.165) is 31.2 Å². The maximum Gasteiger partial charge on any atom is 0.251 e. The van der Waals surface area contributed by atoms with Crippen molar-refractivity contribution in [3.05, 3.63) is 65.7 Å². The molecule has 1 aliphatic heterocycles. The summed E-state index contributed by atoms with van der Waals surface area (Å²) in [5.74, 6) is 2.07. The molecule has 156 valence electrons. The Bertz CT molecular complexity index is 796. The van der Waals surface area contributed by atoms with Crippen LogP contribution in [0.5, 0.6) is 5.75 Å². The molecule has 0 spiro atoms. The topological polar surface area (TPSA) is 66.0 Å². The van der Waals surface area contributed by atoms with Crippen molar-refractivity contribution in [1.82, 2.24) is 15.5 Å². The van der Waals surface area contributed by atoms with Crippen molar-refractivity contribution in [2.24, 2.45) is 4.99 Å².